The Hall–Kier alpha value is -2.01. The van der Waals surface area contributed by atoms with Crippen molar-refractivity contribution >= 4 is 17.7 Å². The average Bonchev–Trinajstić information content (AvgIpc) is 2.37. The molecule has 2 rings (SSSR count). The molecule has 0 heterocycles. The van der Waals surface area contributed by atoms with Crippen LogP contribution < -0.4 is 0 Å². The molecule has 19 heavy (non-hydrogen) atoms. The van der Waals surface area contributed by atoms with Crippen molar-refractivity contribution in [3.05, 3.63) is 59.4 Å². The zero-order valence-electron chi connectivity index (χ0n) is 9.84. The molecule has 2 aromatic rings. The number of benzene rings is 2. The predicted molar refractivity (Wildman–Crippen MR) is 71.0 cm³/mol. The quantitative estimate of drug-likeness (QED) is 0.840. The van der Waals surface area contributed by atoms with Crippen LogP contribution in [0.25, 0.3) is 0 Å². The van der Waals surface area contributed by atoms with Crippen molar-refractivity contribution < 1.29 is 19.4 Å². The molecule has 0 unspecified atom stereocenters. The summed E-state index contributed by atoms with van der Waals surface area (Å²) in [6.45, 7) is 0. The van der Waals surface area contributed by atoms with Crippen molar-refractivity contribution in [2.24, 2.45) is 0 Å². The van der Waals surface area contributed by atoms with Gasteiger partial charge in [0, 0.05) is 10.6 Å². The Balaban J connectivity index is 2.12. The average molecular weight is 278 g/mol. The zero-order chi connectivity index (χ0) is 13.8. The molecule has 0 aliphatic carbocycles. The van der Waals surface area contributed by atoms with Crippen LogP contribution >= 0.6 is 11.8 Å². The largest absolute Gasteiger partial charge is 0.508 e. The van der Waals surface area contributed by atoms with E-state index in [0.29, 0.717) is 10.6 Å². The van der Waals surface area contributed by atoms with Crippen LogP contribution in [-0.4, -0.2) is 16.2 Å². The van der Waals surface area contributed by atoms with E-state index in [-0.39, 0.29) is 11.3 Å². The highest BCUT2D eigenvalue weighted by molar-refractivity contribution is 7.98. The lowest BCUT2D eigenvalue weighted by Crippen LogP contribution is -2.00. The van der Waals surface area contributed by atoms with Gasteiger partial charge in [-0.3, -0.25) is 0 Å². The molecule has 2 N–H and O–H groups in total. The summed E-state index contributed by atoms with van der Waals surface area (Å²) in [6, 6.07) is 10.8. The van der Waals surface area contributed by atoms with Crippen molar-refractivity contribution in [1.82, 2.24) is 0 Å². The Morgan fingerprint density at radius 1 is 1.21 bits per heavy atom. The van der Waals surface area contributed by atoms with Crippen LogP contribution in [0.3, 0.4) is 0 Å². The Bertz CT molecular complexity index is 613. The molecule has 0 bridgehead atoms. The molecule has 0 atom stereocenters. The molecular weight excluding hydrogens is 267 g/mol. The van der Waals surface area contributed by atoms with Crippen molar-refractivity contribution in [3.63, 3.8) is 0 Å². The van der Waals surface area contributed by atoms with E-state index in [1.807, 2.05) is 6.07 Å². The number of thioether (sulfide) groups is 1. The Labute approximate surface area is 113 Å². The second-order valence-electron chi connectivity index (χ2n) is 3.91. The Morgan fingerprint density at radius 3 is 2.68 bits per heavy atom. The molecule has 3 nitrogen and oxygen atoms in total. The van der Waals surface area contributed by atoms with Crippen LogP contribution in [0.4, 0.5) is 4.39 Å². The molecule has 0 aliphatic heterocycles. The summed E-state index contributed by atoms with van der Waals surface area (Å²) in [5, 5.41) is 18.2. The highest BCUT2D eigenvalue weighted by Crippen LogP contribution is 2.26. The van der Waals surface area contributed by atoms with Gasteiger partial charge >= 0.3 is 5.97 Å². The first kappa shape index (κ1) is 13.4. The normalized spacial score (nSPS) is 10.4. The highest BCUT2D eigenvalue weighted by Gasteiger charge is 2.11. The number of phenolic OH excluding ortho intramolecular Hbond substituents is 1. The second kappa shape index (κ2) is 5.75. The molecule has 0 radical (unpaired) electrons. The first-order chi connectivity index (χ1) is 9.06. The van der Waals surface area contributed by atoms with Crippen molar-refractivity contribution in [2.75, 3.05) is 0 Å². The van der Waals surface area contributed by atoms with Gasteiger partial charge in [-0.15, -0.1) is 11.8 Å². The van der Waals surface area contributed by atoms with Gasteiger partial charge in [-0.05, 0) is 35.9 Å². The summed E-state index contributed by atoms with van der Waals surface area (Å²) in [4.78, 5) is 11.5. The molecule has 0 amide bonds. The topological polar surface area (TPSA) is 57.5 Å². The van der Waals surface area contributed by atoms with Gasteiger partial charge in [0.2, 0.25) is 0 Å². The minimum atomic E-state index is -1.28. The maximum absolute atomic E-state index is 13.2. The van der Waals surface area contributed by atoms with Gasteiger partial charge in [-0.2, -0.15) is 0 Å². The molecule has 0 aliphatic rings. The maximum Gasteiger partial charge on any atom is 0.338 e. The molecule has 0 fully saturated rings. The number of carboxylic acid groups (broad SMARTS) is 1. The number of rotatable bonds is 4. The number of halogens is 1. The van der Waals surface area contributed by atoms with Crippen LogP contribution in [0.5, 0.6) is 5.75 Å². The third-order valence-electron chi connectivity index (χ3n) is 2.48. The third kappa shape index (κ3) is 3.48. The van der Waals surface area contributed by atoms with Gasteiger partial charge in [0.1, 0.15) is 11.6 Å². The fraction of sp³-hybridized carbons (Fsp3) is 0.0714. The number of carbonyl (C=O) groups is 1. The predicted octanol–water partition coefficient (Wildman–Crippen LogP) is 3.52. The summed E-state index contributed by atoms with van der Waals surface area (Å²) < 4.78 is 13.2. The Morgan fingerprint density at radius 2 is 2.00 bits per heavy atom. The number of aromatic hydroxyl groups is 1. The molecular formula is C14H11FO3S. The first-order valence-corrected chi connectivity index (χ1v) is 6.48. The minimum Gasteiger partial charge on any atom is -0.508 e. The van der Waals surface area contributed by atoms with Crippen LogP contribution in [-0.2, 0) is 5.75 Å². The van der Waals surface area contributed by atoms with Gasteiger partial charge in [0.15, 0.2) is 0 Å². The van der Waals surface area contributed by atoms with E-state index in [4.69, 9.17) is 5.11 Å². The molecule has 5 heteroatoms. The lowest BCUT2D eigenvalue weighted by atomic mass is 10.2. The maximum atomic E-state index is 13.2. The molecule has 0 saturated carbocycles. The van der Waals surface area contributed by atoms with Crippen LogP contribution in [0, 0.1) is 5.82 Å². The second-order valence-corrected chi connectivity index (χ2v) is 4.95. The van der Waals surface area contributed by atoms with Gasteiger partial charge in [-0.25, -0.2) is 9.18 Å². The van der Waals surface area contributed by atoms with Gasteiger partial charge in [0.05, 0.1) is 5.56 Å². The van der Waals surface area contributed by atoms with Crippen molar-refractivity contribution in [3.8, 4) is 5.75 Å². The highest BCUT2D eigenvalue weighted by atomic mass is 32.2. The molecule has 2 aromatic carbocycles. The van der Waals surface area contributed by atoms with E-state index in [1.165, 1.54) is 23.9 Å². The third-order valence-corrected chi connectivity index (χ3v) is 3.55. The number of hydrogen-bond donors (Lipinski definition) is 2. The smallest absolute Gasteiger partial charge is 0.338 e. The molecule has 0 saturated heterocycles. The number of hydrogen-bond acceptors (Lipinski definition) is 3. The number of carboxylic acids is 1. The zero-order valence-corrected chi connectivity index (χ0v) is 10.7. The van der Waals surface area contributed by atoms with E-state index >= 15 is 0 Å². The van der Waals surface area contributed by atoms with Crippen LogP contribution in [0.1, 0.15) is 15.9 Å². The SMILES string of the molecule is O=C(O)c1cc(SCc2cccc(O)c2)ccc1F. The summed E-state index contributed by atoms with van der Waals surface area (Å²) in [5.74, 6) is -1.27. The number of phenols is 1. The standard InChI is InChI=1S/C14H11FO3S/c15-13-5-4-11(7-12(13)14(17)18)19-8-9-2-1-3-10(16)6-9/h1-7,16H,8H2,(H,17,18). The summed E-state index contributed by atoms with van der Waals surface area (Å²) >= 11 is 1.38. The van der Waals surface area contributed by atoms with Crippen molar-refractivity contribution in [1.29, 1.82) is 0 Å². The molecule has 98 valence electrons. The lowest BCUT2D eigenvalue weighted by Gasteiger charge is -2.04. The monoisotopic (exact) mass is 278 g/mol. The summed E-state index contributed by atoms with van der Waals surface area (Å²) in [7, 11) is 0. The van der Waals surface area contributed by atoms with Gasteiger partial charge < -0.3 is 10.2 Å². The van der Waals surface area contributed by atoms with E-state index < -0.39 is 11.8 Å². The lowest BCUT2D eigenvalue weighted by molar-refractivity contribution is 0.0691. The van der Waals surface area contributed by atoms with Gasteiger partial charge in [0.25, 0.3) is 0 Å². The summed E-state index contributed by atoms with van der Waals surface area (Å²) in [6.07, 6.45) is 0. The minimum absolute atomic E-state index is 0.184. The van der Waals surface area contributed by atoms with E-state index in [9.17, 15) is 14.3 Å². The van der Waals surface area contributed by atoms with E-state index in [1.54, 1.807) is 18.2 Å². The molecule has 0 spiro atoms. The first-order valence-electron chi connectivity index (χ1n) is 5.50. The van der Waals surface area contributed by atoms with Crippen molar-refractivity contribution in [2.45, 2.75) is 10.6 Å². The van der Waals surface area contributed by atoms with Crippen LogP contribution in [0.2, 0.25) is 0 Å². The summed E-state index contributed by atoms with van der Waals surface area (Å²) in [5.41, 5.74) is 0.576. The molecule has 0 aromatic heterocycles. The van der Waals surface area contributed by atoms with Gasteiger partial charge in [-0.1, -0.05) is 12.1 Å². The van der Waals surface area contributed by atoms with E-state index in [2.05, 4.69) is 0 Å². The van der Waals surface area contributed by atoms with E-state index in [0.717, 1.165) is 11.6 Å². The number of aromatic carboxylic acids is 1. The fourth-order valence-electron chi connectivity index (χ4n) is 1.57. The van der Waals surface area contributed by atoms with Crippen LogP contribution in [0.15, 0.2) is 47.4 Å². The Kier molecular flexibility index (Phi) is 4.06. The fourth-order valence-corrected chi connectivity index (χ4v) is 2.45.